The minimum atomic E-state index is -0.0377. The Morgan fingerprint density at radius 1 is 1.05 bits per heavy atom. The monoisotopic (exact) mass is 398 g/mol. The fourth-order valence-corrected chi connectivity index (χ4v) is 2.53. The molecule has 0 aromatic heterocycles. The van der Waals surface area contributed by atoms with Crippen molar-refractivity contribution in [1.29, 1.82) is 5.41 Å². The lowest BCUT2D eigenvalue weighted by Crippen LogP contribution is -2.12. The highest BCUT2D eigenvalue weighted by Gasteiger charge is 2.12. The second-order valence-electron chi connectivity index (χ2n) is 3.93. The van der Waals surface area contributed by atoms with E-state index in [-0.39, 0.29) is 5.84 Å². The Balaban J connectivity index is 2.40. The Labute approximate surface area is 133 Å². The molecule has 0 atom stereocenters. The van der Waals surface area contributed by atoms with Crippen LogP contribution in [0.15, 0.2) is 45.3 Å². The highest BCUT2D eigenvalue weighted by Crippen LogP contribution is 2.38. The van der Waals surface area contributed by atoms with E-state index in [4.69, 9.17) is 20.6 Å². The van der Waals surface area contributed by atoms with Crippen molar-refractivity contribution in [2.75, 3.05) is 7.11 Å². The van der Waals surface area contributed by atoms with Crippen LogP contribution in [0.4, 0.5) is 0 Å². The third-order valence-corrected chi connectivity index (χ3v) is 3.84. The zero-order valence-corrected chi connectivity index (χ0v) is 13.8. The van der Waals surface area contributed by atoms with E-state index < -0.39 is 0 Å². The predicted molar refractivity (Wildman–Crippen MR) is 85.9 cm³/mol. The second kappa shape index (κ2) is 6.28. The third kappa shape index (κ3) is 3.13. The molecule has 3 N–H and O–H groups in total. The second-order valence-corrected chi connectivity index (χ2v) is 5.64. The first-order valence-electron chi connectivity index (χ1n) is 5.67. The van der Waals surface area contributed by atoms with Crippen LogP contribution in [-0.2, 0) is 0 Å². The number of halogens is 2. The van der Waals surface area contributed by atoms with Gasteiger partial charge in [0.15, 0.2) is 0 Å². The molecule has 0 aliphatic rings. The van der Waals surface area contributed by atoms with E-state index >= 15 is 0 Å². The molecular weight excluding hydrogens is 388 g/mol. The van der Waals surface area contributed by atoms with E-state index in [0.717, 1.165) is 8.95 Å². The molecule has 0 spiro atoms. The van der Waals surface area contributed by atoms with Crippen LogP contribution in [0.5, 0.6) is 17.2 Å². The van der Waals surface area contributed by atoms with Gasteiger partial charge in [-0.25, -0.2) is 0 Å². The minimum Gasteiger partial charge on any atom is -0.496 e. The molecule has 2 aromatic rings. The van der Waals surface area contributed by atoms with E-state index in [0.29, 0.717) is 22.8 Å². The average molecular weight is 400 g/mol. The first-order chi connectivity index (χ1) is 9.52. The van der Waals surface area contributed by atoms with Crippen molar-refractivity contribution in [1.82, 2.24) is 0 Å². The quantitative estimate of drug-likeness (QED) is 0.594. The number of amidine groups is 1. The number of rotatable bonds is 4. The molecule has 0 unspecified atom stereocenters. The molecule has 0 aliphatic heterocycles. The van der Waals surface area contributed by atoms with Crippen LogP contribution in [-0.4, -0.2) is 12.9 Å². The van der Waals surface area contributed by atoms with Crippen LogP contribution in [0.3, 0.4) is 0 Å². The van der Waals surface area contributed by atoms with E-state index in [1.54, 1.807) is 31.4 Å². The number of hydrogen-bond acceptors (Lipinski definition) is 3. The van der Waals surface area contributed by atoms with Gasteiger partial charge in [-0.3, -0.25) is 5.41 Å². The summed E-state index contributed by atoms with van der Waals surface area (Å²) in [6, 6.07) is 10.7. The van der Waals surface area contributed by atoms with Gasteiger partial charge in [0.2, 0.25) is 0 Å². The SMILES string of the molecule is COc1cc(Br)c(Oc2ccccc2C(=N)N)cc1Br. The van der Waals surface area contributed by atoms with Crippen LogP contribution in [0, 0.1) is 5.41 Å². The van der Waals surface area contributed by atoms with Gasteiger partial charge in [-0.15, -0.1) is 0 Å². The van der Waals surface area contributed by atoms with Crippen LogP contribution in [0.25, 0.3) is 0 Å². The van der Waals surface area contributed by atoms with E-state index in [1.165, 1.54) is 0 Å². The fourth-order valence-electron chi connectivity index (χ4n) is 1.64. The van der Waals surface area contributed by atoms with Gasteiger partial charge in [0.25, 0.3) is 0 Å². The molecular formula is C14H12Br2N2O2. The van der Waals surface area contributed by atoms with Crippen molar-refractivity contribution < 1.29 is 9.47 Å². The Hall–Kier alpha value is -1.53. The molecule has 0 radical (unpaired) electrons. The van der Waals surface area contributed by atoms with Crippen molar-refractivity contribution in [3.63, 3.8) is 0 Å². The molecule has 4 nitrogen and oxygen atoms in total. The van der Waals surface area contributed by atoms with Crippen LogP contribution >= 0.6 is 31.9 Å². The van der Waals surface area contributed by atoms with Crippen molar-refractivity contribution in [2.45, 2.75) is 0 Å². The fraction of sp³-hybridized carbons (Fsp3) is 0.0714. The first kappa shape index (κ1) is 14.9. The number of ether oxygens (including phenoxy) is 2. The normalized spacial score (nSPS) is 10.2. The number of benzene rings is 2. The summed E-state index contributed by atoms with van der Waals surface area (Å²) in [7, 11) is 1.60. The van der Waals surface area contributed by atoms with Gasteiger partial charge in [-0.1, -0.05) is 12.1 Å². The lowest BCUT2D eigenvalue weighted by molar-refractivity contribution is 0.409. The highest BCUT2D eigenvalue weighted by atomic mass is 79.9. The molecule has 0 saturated carbocycles. The number of para-hydroxylation sites is 1. The molecule has 0 heterocycles. The number of nitrogens with one attached hydrogen (secondary N) is 1. The molecule has 2 aromatic carbocycles. The zero-order chi connectivity index (χ0) is 14.7. The van der Waals surface area contributed by atoms with E-state index in [9.17, 15) is 0 Å². The van der Waals surface area contributed by atoms with E-state index in [1.807, 2.05) is 12.1 Å². The summed E-state index contributed by atoms with van der Waals surface area (Å²) in [5, 5.41) is 7.56. The lowest BCUT2D eigenvalue weighted by atomic mass is 10.2. The summed E-state index contributed by atoms with van der Waals surface area (Å²) in [5.74, 6) is 1.79. The van der Waals surface area contributed by atoms with Gasteiger partial charge in [0, 0.05) is 0 Å². The molecule has 0 saturated heterocycles. The van der Waals surface area contributed by atoms with E-state index in [2.05, 4.69) is 31.9 Å². The molecule has 0 fully saturated rings. The number of hydrogen-bond donors (Lipinski definition) is 2. The van der Waals surface area contributed by atoms with Gasteiger partial charge in [0.1, 0.15) is 23.1 Å². The molecule has 2 rings (SSSR count). The summed E-state index contributed by atoms with van der Waals surface area (Å²) in [6.07, 6.45) is 0. The summed E-state index contributed by atoms with van der Waals surface area (Å²) < 4.78 is 12.6. The molecule has 0 bridgehead atoms. The summed E-state index contributed by atoms with van der Waals surface area (Å²) in [6.45, 7) is 0. The van der Waals surface area contributed by atoms with Gasteiger partial charge >= 0.3 is 0 Å². The topological polar surface area (TPSA) is 68.3 Å². The molecule has 6 heteroatoms. The molecule has 104 valence electrons. The molecule has 0 aliphatic carbocycles. The standard InChI is InChI=1S/C14H12Br2N2O2/c1-19-12-6-10(16)13(7-9(12)15)20-11-5-3-2-4-8(11)14(17)18/h2-7H,1H3,(H3,17,18). The van der Waals surface area contributed by atoms with Crippen molar-refractivity contribution in [2.24, 2.45) is 5.73 Å². The van der Waals surface area contributed by atoms with Gasteiger partial charge < -0.3 is 15.2 Å². The number of nitrogen functional groups attached to an aromatic ring is 1. The summed E-state index contributed by atoms with van der Waals surface area (Å²) >= 11 is 6.84. The Morgan fingerprint density at radius 2 is 1.65 bits per heavy atom. The van der Waals surface area contributed by atoms with Crippen molar-refractivity contribution in [3.8, 4) is 17.2 Å². The smallest absolute Gasteiger partial charge is 0.143 e. The Kier molecular flexibility index (Phi) is 4.67. The third-order valence-electron chi connectivity index (χ3n) is 2.60. The number of methoxy groups -OCH3 is 1. The maximum atomic E-state index is 7.56. The maximum absolute atomic E-state index is 7.56. The Bertz CT molecular complexity index is 660. The summed E-state index contributed by atoms with van der Waals surface area (Å²) in [4.78, 5) is 0. The van der Waals surface area contributed by atoms with Crippen molar-refractivity contribution in [3.05, 3.63) is 50.9 Å². The molecule has 0 amide bonds. The summed E-state index contributed by atoms with van der Waals surface area (Å²) in [5.41, 5.74) is 6.09. The Morgan fingerprint density at radius 3 is 2.30 bits per heavy atom. The van der Waals surface area contributed by atoms with Gasteiger partial charge in [0.05, 0.1) is 21.6 Å². The van der Waals surface area contributed by atoms with Crippen LogP contribution in [0.1, 0.15) is 5.56 Å². The number of nitrogens with two attached hydrogens (primary N) is 1. The largest absolute Gasteiger partial charge is 0.496 e. The van der Waals surface area contributed by atoms with Gasteiger partial charge in [-0.05, 0) is 56.1 Å². The first-order valence-corrected chi connectivity index (χ1v) is 7.26. The highest BCUT2D eigenvalue weighted by molar-refractivity contribution is 9.11. The van der Waals surface area contributed by atoms with Crippen LogP contribution in [0.2, 0.25) is 0 Å². The van der Waals surface area contributed by atoms with Crippen molar-refractivity contribution >= 4 is 37.7 Å². The van der Waals surface area contributed by atoms with Gasteiger partial charge in [-0.2, -0.15) is 0 Å². The molecule has 20 heavy (non-hydrogen) atoms. The minimum absolute atomic E-state index is 0.0377. The maximum Gasteiger partial charge on any atom is 0.143 e. The zero-order valence-electron chi connectivity index (χ0n) is 10.6. The predicted octanol–water partition coefficient (Wildman–Crippen LogP) is 4.30. The lowest BCUT2D eigenvalue weighted by Gasteiger charge is -2.13. The average Bonchev–Trinajstić information content (AvgIpc) is 2.42. The van der Waals surface area contributed by atoms with Crippen LogP contribution < -0.4 is 15.2 Å².